The van der Waals surface area contributed by atoms with E-state index >= 15 is 0 Å². The lowest BCUT2D eigenvalue weighted by Gasteiger charge is -2.71. The van der Waals surface area contributed by atoms with Gasteiger partial charge in [-0.2, -0.15) is 0 Å². The Bertz CT molecular complexity index is 1380. The third kappa shape index (κ3) is 2.58. The van der Waals surface area contributed by atoms with Crippen molar-refractivity contribution in [1.29, 1.82) is 0 Å². The van der Waals surface area contributed by atoms with Crippen molar-refractivity contribution in [2.45, 2.75) is 108 Å². The van der Waals surface area contributed by atoms with Crippen molar-refractivity contribution in [1.82, 2.24) is 0 Å². The molecule has 2 bridgehead atoms. The number of esters is 2. The molecule has 9 nitrogen and oxygen atoms in total. The first kappa shape index (κ1) is 26.2. The summed E-state index contributed by atoms with van der Waals surface area (Å²) in [6.45, 7) is 6.11. The van der Waals surface area contributed by atoms with Crippen molar-refractivity contribution in [3.8, 4) is 0 Å². The van der Waals surface area contributed by atoms with Crippen molar-refractivity contribution < 1.29 is 42.9 Å². The summed E-state index contributed by atoms with van der Waals surface area (Å²) in [5.74, 6) is -2.23. The van der Waals surface area contributed by atoms with Crippen LogP contribution in [0, 0.1) is 45.8 Å². The standard InChI is InChI=1S/C33H40O9/c1-29(2)22-20(34)23(35)32(18-7-5-4-6-8-18)21-16(9-10-19-25(41-29)31(21,22)15-39-27(19)36)13-30(3)24(17-11-12-38-14-17)40-28(37)26-33(30,32)42-26/h11-12,14,16,18-19,21-26,35H,4-10,13,15H2,1-3H3/t16-,19+,21?,22+,23+,24-,25+,26+,30-,31-,32-,33-/m0/s1. The zero-order chi connectivity index (χ0) is 29.0. The Balaban J connectivity index is 1.36. The molecule has 226 valence electrons. The summed E-state index contributed by atoms with van der Waals surface area (Å²) in [5, 5.41) is 12.8. The van der Waals surface area contributed by atoms with Gasteiger partial charge in [-0.05, 0) is 69.8 Å². The van der Waals surface area contributed by atoms with E-state index in [2.05, 4.69) is 6.92 Å². The van der Waals surface area contributed by atoms with Gasteiger partial charge < -0.3 is 28.5 Å². The largest absolute Gasteiger partial charge is 0.472 e. The van der Waals surface area contributed by atoms with Gasteiger partial charge in [0.05, 0.1) is 36.1 Å². The van der Waals surface area contributed by atoms with E-state index in [0.717, 1.165) is 44.1 Å². The Morgan fingerprint density at radius 3 is 2.45 bits per heavy atom. The summed E-state index contributed by atoms with van der Waals surface area (Å²) in [7, 11) is 0. The van der Waals surface area contributed by atoms with Gasteiger partial charge in [-0.3, -0.25) is 9.59 Å². The predicted octanol–water partition coefficient (Wildman–Crippen LogP) is 3.91. The number of hydrogen-bond donors (Lipinski definition) is 1. The minimum Gasteiger partial charge on any atom is -0.472 e. The van der Waals surface area contributed by atoms with Crippen LogP contribution in [0.2, 0.25) is 0 Å². The molecule has 1 unspecified atom stereocenters. The molecule has 1 N–H and O–H groups in total. The quantitative estimate of drug-likeness (QED) is 0.409. The van der Waals surface area contributed by atoms with Gasteiger partial charge in [0.15, 0.2) is 11.9 Å². The average molecular weight is 581 g/mol. The predicted molar refractivity (Wildman–Crippen MR) is 143 cm³/mol. The number of ether oxygens (including phenoxy) is 4. The molecule has 4 saturated heterocycles. The van der Waals surface area contributed by atoms with Gasteiger partial charge >= 0.3 is 11.9 Å². The Morgan fingerprint density at radius 2 is 1.71 bits per heavy atom. The number of furan rings is 1. The lowest BCUT2D eigenvalue weighted by molar-refractivity contribution is -0.289. The number of ketones is 1. The molecule has 42 heavy (non-hydrogen) atoms. The molecule has 0 aromatic carbocycles. The highest BCUT2D eigenvalue weighted by Crippen LogP contribution is 2.84. The van der Waals surface area contributed by atoms with E-state index in [9.17, 15) is 19.5 Å². The minimum absolute atomic E-state index is 0.0351. The number of carbonyl (C=O) groups is 3. The molecule has 4 aliphatic heterocycles. The summed E-state index contributed by atoms with van der Waals surface area (Å²) in [6, 6.07) is 1.84. The normalized spacial score (nSPS) is 53.7. The molecule has 1 aromatic heterocycles. The lowest BCUT2D eigenvalue weighted by Crippen LogP contribution is -2.80. The summed E-state index contributed by atoms with van der Waals surface area (Å²) in [5.41, 5.74) is -3.79. The molecule has 2 spiro atoms. The topological polar surface area (TPSA) is 125 Å². The van der Waals surface area contributed by atoms with Crippen LogP contribution in [-0.4, -0.2) is 58.9 Å². The Kier molecular flexibility index (Phi) is 4.92. The second kappa shape index (κ2) is 7.88. The summed E-state index contributed by atoms with van der Waals surface area (Å²) in [4.78, 5) is 42.1. The van der Waals surface area contributed by atoms with E-state index in [4.69, 9.17) is 23.4 Å². The molecule has 0 radical (unpaired) electrons. The highest BCUT2D eigenvalue weighted by atomic mass is 16.7. The van der Waals surface area contributed by atoms with Crippen LogP contribution < -0.4 is 0 Å². The first-order chi connectivity index (χ1) is 20.1. The highest BCUT2D eigenvalue weighted by molar-refractivity contribution is 5.92. The fourth-order valence-electron chi connectivity index (χ4n) is 12.9. The lowest BCUT2D eigenvalue weighted by atomic mass is 9.31. The number of hydrogen-bond acceptors (Lipinski definition) is 9. The molecule has 5 heterocycles. The zero-order valence-electron chi connectivity index (χ0n) is 24.5. The third-order valence-electron chi connectivity index (χ3n) is 13.7. The van der Waals surface area contributed by atoms with Crippen LogP contribution in [0.5, 0.6) is 0 Å². The van der Waals surface area contributed by atoms with E-state index in [-0.39, 0.29) is 36.1 Å². The molecule has 0 amide bonds. The molecule has 4 saturated carbocycles. The second-order valence-electron chi connectivity index (χ2n) is 15.5. The van der Waals surface area contributed by atoms with E-state index < -0.39 is 69.7 Å². The maximum atomic E-state index is 15.0. The molecule has 9 rings (SSSR count). The van der Waals surface area contributed by atoms with Gasteiger partial charge in [0.1, 0.15) is 24.4 Å². The summed E-state index contributed by atoms with van der Waals surface area (Å²) in [6.07, 6.45) is 6.73. The molecule has 8 aliphatic rings. The van der Waals surface area contributed by atoms with Crippen molar-refractivity contribution in [3.63, 3.8) is 0 Å². The third-order valence-corrected chi connectivity index (χ3v) is 13.7. The number of epoxide rings is 1. The second-order valence-corrected chi connectivity index (χ2v) is 15.5. The van der Waals surface area contributed by atoms with Crippen LogP contribution in [0.4, 0.5) is 0 Å². The number of cyclic esters (lactones) is 2. The molecule has 12 atom stereocenters. The van der Waals surface area contributed by atoms with Crippen molar-refractivity contribution >= 4 is 17.7 Å². The molecule has 9 heteroatoms. The fraction of sp³-hybridized carbons (Fsp3) is 0.788. The number of aliphatic hydroxyl groups is 1. The Morgan fingerprint density at radius 1 is 0.929 bits per heavy atom. The van der Waals surface area contributed by atoms with E-state index in [1.54, 1.807) is 12.5 Å². The molecule has 8 fully saturated rings. The van der Waals surface area contributed by atoms with Crippen LogP contribution in [0.15, 0.2) is 23.0 Å². The van der Waals surface area contributed by atoms with Gasteiger partial charge in [-0.15, -0.1) is 0 Å². The van der Waals surface area contributed by atoms with Crippen LogP contribution in [-0.2, 0) is 33.3 Å². The maximum Gasteiger partial charge on any atom is 0.339 e. The van der Waals surface area contributed by atoms with Gasteiger partial charge in [0.2, 0.25) is 0 Å². The number of rotatable bonds is 2. The van der Waals surface area contributed by atoms with Crippen LogP contribution >= 0.6 is 0 Å². The Hall–Kier alpha value is -2.23. The highest BCUT2D eigenvalue weighted by Gasteiger charge is 2.94. The van der Waals surface area contributed by atoms with Gasteiger partial charge in [-0.25, -0.2) is 4.79 Å². The zero-order valence-corrected chi connectivity index (χ0v) is 24.5. The van der Waals surface area contributed by atoms with E-state index in [0.29, 0.717) is 12.8 Å². The monoisotopic (exact) mass is 580 g/mol. The minimum atomic E-state index is -1.33. The Labute approximate surface area is 244 Å². The number of aliphatic hydroxyl groups excluding tert-OH is 1. The summed E-state index contributed by atoms with van der Waals surface area (Å²) < 4.78 is 31.3. The number of Topliss-reactive ketones (excluding diaryl/α,β-unsaturated/α-hetero) is 1. The molecular formula is C33H40O9. The number of carbonyl (C=O) groups excluding carboxylic acids is 3. The molecule has 1 aromatic rings. The first-order valence-electron chi connectivity index (χ1n) is 16.0. The molecular weight excluding hydrogens is 540 g/mol. The van der Waals surface area contributed by atoms with Crippen LogP contribution in [0.1, 0.15) is 83.8 Å². The summed E-state index contributed by atoms with van der Waals surface area (Å²) >= 11 is 0. The average Bonchev–Trinajstić information content (AvgIpc) is 3.43. The smallest absolute Gasteiger partial charge is 0.339 e. The van der Waals surface area contributed by atoms with E-state index in [1.165, 1.54) is 0 Å². The van der Waals surface area contributed by atoms with Gasteiger partial charge in [0, 0.05) is 21.8 Å². The SMILES string of the molecule is CC1(C)O[C@@H]2[C@H]3CC[C@H]4C[C@@]5(C)[C@H](c6ccoc6)OC(=O)[C@H]6O[C@@]65[C@@]5(C6CCCCC6)C4[C@@]2(COC3=O)[C@@H]1C(=O)[C@H]5O. The van der Waals surface area contributed by atoms with E-state index in [1.807, 2.05) is 19.9 Å². The first-order valence-corrected chi connectivity index (χ1v) is 16.0. The maximum absolute atomic E-state index is 15.0. The van der Waals surface area contributed by atoms with Crippen molar-refractivity contribution in [3.05, 3.63) is 24.2 Å². The van der Waals surface area contributed by atoms with Crippen LogP contribution in [0.25, 0.3) is 0 Å². The van der Waals surface area contributed by atoms with Crippen molar-refractivity contribution in [2.75, 3.05) is 6.61 Å². The van der Waals surface area contributed by atoms with Crippen LogP contribution in [0.3, 0.4) is 0 Å². The van der Waals surface area contributed by atoms with Crippen molar-refractivity contribution in [2.24, 2.45) is 45.8 Å². The van der Waals surface area contributed by atoms with Gasteiger partial charge in [-0.1, -0.05) is 26.2 Å². The fourth-order valence-corrected chi connectivity index (χ4v) is 12.9. The molecule has 4 aliphatic carbocycles. The van der Waals surface area contributed by atoms with Gasteiger partial charge in [0.25, 0.3) is 0 Å².